The number of primary amides is 1. The van der Waals surface area contributed by atoms with Crippen LogP contribution in [0.25, 0.3) is 10.9 Å². The molecule has 0 radical (unpaired) electrons. The molecular formula is C19H23N3O2. The number of aromatic nitrogens is 1. The number of piperidine rings is 1. The Kier molecular flexibility index (Phi) is 4.18. The highest BCUT2D eigenvalue weighted by molar-refractivity contribution is 6.07. The number of fused-ring (bicyclic) bond motifs is 1. The monoisotopic (exact) mass is 325 g/mol. The molecule has 0 saturated carbocycles. The first-order valence-electron chi connectivity index (χ1n) is 8.27. The zero-order chi connectivity index (χ0) is 17.4. The number of nitrogens with zero attached hydrogens (tertiary/aromatic N) is 1. The minimum Gasteiger partial charge on any atom is -0.366 e. The molecule has 24 heavy (non-hydrogen) atoms. The van der Waals surface area contributed by atoms with E-state index in [4.69, 9.17) is 5.73 Å². The Bertz CT molecular complexity index is 835. The van der Waals surface area contributed by atoms with Gasteiger partial charge >= 0.3 is 0 Å². The van der Waals surface area contributed by atoms with Gasteiger partial charge in [0.05, 0.1) is 11.1 Å². The van der Waals surface area contributed by atoms with Gasteiger partial charge < -0.3 is 15.6 Å². The maximum absolute atomic E-state index is 12.0. The maximum atomic E-state index is 12.0. The maximum Gasteiger partial charge on any atom is 0.250 e. The number of amides is 2. The molecule has 1 fully saturated rings. The summed E-state index contributed by atoms with van der Waals surface area (Å²) in [6.07, 6.45) is 3.36. The van der Waals surface area contributed by atoms with Gasteiger partial charge in [0.25, 0.3) is 5.91 Å². The van der Waals surface area contributed by atoms with Crippen LogP contribution in [0.15, 0.2) is 24.8 Å². The molecular weight excluding hydrogens is 302 g/mol. The summed E-state index contributed by atoms with van der Waals surface area (Å²) in [6.45, 7) is 9.09. The highest BCUT2D eigenvalue weighted by atomic mass is 16.2. The first-order chi connectivity index (χ1) is 11.4. The number of aromatic amines is 1. The Hall–Kier alpha value is -2.56. The average molecular weight is 325 g/mol. The lowest BCUT2D eigenvalue weighted by molar-refractivity contribution is -0.127. The van der Waals surface area contributed by atoms with Crippen LogP contribution in [0.1, 0.15) is 45.9 Å². The molecule has 1 saturated heterocycles. The van der Waals surface area contributed by atoms with Crippen molar-refractivity contribution in [2.24, 2.45) is 5.73 Å². The number of likely N-dealkylation sites (tertiary alicyclic amines) is 1. The molecule has 2 amide bonds. The van der Waals surface area contributed by atoms with Crippen molar-refractivity contribution in [3.8, 4) is 0 Å². The van der Waals surface area contributed by atoms with Gasteiger partial charge in [0.15, 0.2) is 0 Å². The van der Waals surface area contributed by atoms with E-state index in [1.54, 1.807) is 6.07 Å². The first kappa shape index (κ1) is 16.3. The number of hydrogen-bond acceptors (Lipinski definition) is 2. The predicted molar refractivity (Wildman–Crippen MR) is 95.0 cm³/mol. The van der Waals surface area contributed by atoms with Gasteiger partial charge in [-0.15, -0.1) is 0 Å². The molecule has 1 atom stereocenters. The van der Waals surface area contributed by atoms with Crippen LogP contribution < -0.4 is 5.73 Å². The quantitative estimate of drug-likeness (QED) is 0.851. The van der Waals surface area contributed by atoms with E-state index in [9.17, 15) is 9.59 Å². The molecule has 3 N–H and O–H groups in total. The Morgan fingerprint density at radius 2 is 2.12 bits per heavy atom. The van der Waals surface area contributed by atoms with Gasteiger partial charge in [-0.2, -0.15) is 0 Å². The Morgan fingerprint density at radius 3 is 2.79 bits per heavy atom. The van der Waals surface area contributed by atoms with E-state index >= 15 is 0 Å². The third-order valence-corrected chi connectivity index (χ3v) is 5.10. The van der Waals surface area contributed by atoms with Crippen LogP contribution in [0, 0.1) is 13.8 Å². The van der Waals surface area contributed by atoms with E-state index in [1.807, 2.05) is 17.9 Å². The molecule has 1 aromatic carbocycles. The SMILES string of the molecule is C=CC(=O)N1CCCC(c2ccc(C(N)=O)c3[nH]c(C)c(C)c23)C1. The molecule has 0 bridgehead atoms. The van der Waals surface area contributed by atoms with Crippen molar-refractivity contribution in [1.82, 2.24) is 9.88 Å². The number of hydrogen-bond donors (Lipinski definition) is 2. The molecule has 0 spiro atoms. The molecule has 1 aliphatic heterocycles. The summed E-state index contributed by atoms with van der Waals surface area (Å²) < 4.78 is 0. The lowest BCUT2D eigenvalue weighted by Crippen LogP contribution is -2.38. The lowest BCUT2D eigenvalue weighted by Gasteiger charge is -2.33. The largest absolute Gasteiger partial charge is 0.366 e. The third kappa shape index (κ3) is 2.60. The number of H-pyrrole nitrogens is 1. The molecule has 1 unspecified atom stereocenters. The Morgan fingerprint density at radius 1 is 1.38 bits per heavy atom. The first-order valence-corrected chi connectivity index (χ1v) is 8.27. The Labute approximate surface area is 141 Å². The molecule has 5 nitrogen and oxygen atoms in total. The van der Waals surface area contributed by atoms with Gasteiger partial charge in [-0.25, -0.2) is 0 Å². The number of nitrogens with two attached hydrogens (primary N) is 1. The summed E-state index contributed by atoms with van der Waals surface area (Å²) in [6, 6.07) is 3.79. The summed E-state index contributed by atoms with van der Waals surface area (Å²) in [5.74, 6) is -0.201. The highest BCUT2D eigenvalue weighted by Crippen LogP contribution is 2.36. The zero-order valence-electron chi connectivity index (χ0n) is 14.2. The predicted octanol–water partition coefficient (Wildman–Crippen LogP) is 2.78. The van der Waals surface area contributed by atoms with E-state index in [1.165, 1.54) is 11.6 Å². The second kappa shape index (κ2) is 6.15. The molecule has 1 aromatic heterocycles. The molecule has 1 aliphatic rings. The molecule has 0 aliphatic carbocycles. The fourth-order valence-electron chi connectivity index (χ4n) is 3.73. The van der Waals surface area contributed by atoms with Crippen LogP contribution in [0.2, 0.25) is 0 Å². The zero-order valence-corrected chi connectivity index (χ0v) is 14.2. The second-order valence-corrected chi connectivity index (χ2v) is 6.52. The normalized spacial score (nSPS) is 17.9. The fraction of sp³-hybridized carbons (Fsp3) is 0.368. The fourth-order valence-corrected chi connectivity index (χ4v) is 3.73. The number of benzene rings is 1. The van der Waals surface area contributed by atoms with Gasteiger partial charge in [-0.1, -0.05) is 12.6 Å². The van der Waals surface area contributed by atoms with E-state index in [0.717, 1.165) is 41.5 Å². The van der Waals surface area contributed by atoms with Crippen molar-refractivity contribution in [2.45, 2.75) is 32.6 Å². The number of carbonyl (C=O) groups is 2. The standard InChI is InChI=1S/C19H23N3O2/c1-4-16(23)22-9-5-6-13(10-22)14-7-8-15(19(20)24)18-17(14)11(2)12(3)21-18/h4,7-8,13,21H,1,5-6,9-10H2,2-3H3,(H2,20,24). The number of aryl methyl sites for hydroxylation is 2. The van der Waals surface area contributed by atoms with Crippen LogP contribution in [0.4, 0.5) is 0 Å². The van der Waals surface area contributed by atoms with Gasteiger partial charge in [0.1, 0.15) is 0 Å². The highest BCUT2D eigenvalue weighted by Gasteiger charge is 2.26. The molecule has 3 rings (SSSR count). The number of carbonyl (C=O) groups excluding carboxylic acids is 2. The van der Waals surface area contributed by atoms with E-state index < -0.39 is 5.91 Å². The van der Waals surface area contributed by atoms with Crippen molar-refractivity contribution in [2.75, 3.05) is 13.1 Å². The van der Waals surface area contributed by atoms with Gasteiger partial charge in [0, 0.05) is 30.1 Å². The third-order valence-electron chi connectivity index (χ3n) is 5.10. The summed E-state index contributed by atoms with van der Waals surface area (Å²) in [7, 11) is 0. The lowest BCUT2D eigenvalue weighted by atomic mass is 9.86. The van der Waals surface area contributed by atoms with Gasteiger partial charge in [-0.3, -0.25) is 9.59 Å². The van der Waals surface area contributed by atoms with Crippen LogP contribution in [0.3, 0.4) is 0 Å². The van der Waals surface area contributed by atoms with Crippen molar-refractivity contribution in [3.05, 3.63) is 47.2 Å². The van der Waals surface area contributed by atoms with Crippen molar-refractivity contribution in [1.29, 1.82) is 0 Å². The average Bonchev–Trinajstić information content (AvgIpc) is 2.88. The summed E-state index contributed by atoms with van der Waals surface area (Å²) >= 11 is 0. The van der Waals surface area contributed by atoms with Crippen molar-refractivity contribution < 1.29 is 9.59 Å². The number of nitrogens with one attached hydrogen (secondary N) is 1. The van der Waals surface area contributed by atoms with Crippen LogP contribution in [-0.2, 0) is 4.79 Å². The second-order valence-electron chi connectivity index (χ2n) is 6.52. The Balaban J connectivity index is 2.10. The van der Waals surface area contributed by atoms with Crippen LogP contribution >= 0.6 is 0 Å². The van der Waals surface area contributed by atoms with E-state index in [-0.39, 0.29) is 11.8 Å². The topological polar surface area (TPSA) is 79.2 Å². The smallest absolute Gasteiger partial charge is 0.250 e. The van der Waals surface area contributed by atoms with E-state index in [2.05, 4.69) is 18.5 Å². The molecule has 126 valence electrons. The summed E-state index contributed by atoms with van der Waals surface area (Å²) in [5.41, 5.74) is 10.2. The van der Waals surface area contributed by atoms with Crippen LogP contribution in [0.5, 0.6) is 0 Å². The summed E-state index contributed by atoms with van der Waals surface area (Å²) in [5, 5.41) is 1.07. The molecule has 5 heteroatoms. The molecule has 2 aromatic rings. The number of rotatable bonds is 3. The van der Waals surface area contributed by atoms with Crippen LogP contribution in [-0.4, -0.2) is 34.8 Å². The summed E-state index contributed by atoms with van der Waals surface area (Å²) in [4.78, 5) is 28.9. The molecule has 2 heterocycles. The van der Waals surface area contributed by atoms with Crippen molar-refractivity contribution >= 4 is 22.7 Å². The minimum absolute atomic E-state index is 0.0216. The van der Waals surface area contributed by atoms with Gasteiger partial charge in [-0.05, 0) is 50.0 Å². The van der Waals surface area contributed by atoms with Gasteiger partial charge in [0.2, 0.25) is 5.91 Å². The van der Waals surface area contributed by atoms with Crippen molar-refractivity contribution in [3.63, 3.8) is 0 Å². The minimum atomic E-state index is -0.431. The van der Waals surface area contributed by atoms with E-state index in [0.29, 0.717) is 12.1 Å².